The Morgan fingerprint density at radius 2 is 0.785 bits per heavy atom. The van der Waals surface area contributed by atoms with Crippen LogP contribution >= 0.6 is 57.1 Å². The van der Waals surface area contributed by atoms with Gasteiger partial charge in [-0.1, -0.05) is 207 Å². The van der Waals surface area contributed by atoms with Crippen LogP contribution in [0.15, 0.2) is 58.0 Å². The second-order valence-electron chi connectivity index (χ2n) is 35.4. The first-order valence-electron chi connectivity index (χ1n) is 46.2. The molecule has 0 bridgehead atoms. The van der Waals surface area contributed by atoms with E-state index < -0.39 is 84.0 Å². The number of nitriles is 2. The fourth-order valence-corrected chi connectivity index (χ4v) is 25.1. The van der Waals surface area contributed by atoms with E-state index in [1.54, 1.807) is 12.2 Å². The number of Topliss-reactive ketones (excluding diaryl/α,β-unsaturated/α-hetero) is 2. The number of fused-ring (bicyclic) bond motifs is 5. The summed E-state index contributed by atoms with van der Waals surface area (Å²) in [5, 5.41) is 20.5. The zero-order chi connectivity index (χ0) is 85.3. The maximum atomic E-state index is 15.2. The molecule has 0 radical (unpaired) electrons. The van der Waals surface area contributed by atoms with E-state index in [4.69, 9.17) is 40.8 Å². The summed E-state index contributed by atoms with van der Waals surface area (Å²) in [6.45, 7) is 25.6. The second kappa shape index (κ2) is 46.7. The molecule has 12 rings (SSSR count). The van der Waals surface area contributed by atoms with Crippen molar-refractivity contribution >= 4 is 123 Å². The lowest BCUT2D eigenvalue weighted by molar-refractivity contribution is -0.153. The van der Waals surface area contributed by atoms with Gasteiger partial charge in [-0.05, 0) is 174 Å². The van der Waals surface area contributed by atoms with Crippen LogP contribution in [-0.4, -0.2) is 82.4 Å². The van der Waals surface area contributed by atoms with Gasteiger partial charge in [-0.25, -0.2) is 37.8 Å². The van der Waals surface area contributed by atoms with Crippen molar-refractivity contribution in [3.05, 3.63) is 90.5 Å². The zero-order valence-corrected chi connectivity index (χ0v) is 75.7. The molecule has 6 aliphatic carbocycles. The Labute approximate surface area is 735 Å². The van der Waals surface area contributed by atoms with Crippen LogP contribution in [0.25, 0.3) is 72.6 Å². The standard InChI is InChI=1S/C98H124F4N6O8S5/c1-7-11-15-19-23-25-29-33-39-61(37-31-27-21-17-13-9-3)59-113-97(111)63-41-35-43-65(45-63)115-95-89(85-55-83-81(119-85)49-67(117-83)47-73-87(79(57-103)105-5)69-51-75(99)77(101)53-71(69)93(73)109)91-92(108-121-107-91)90(86-56-84-82(120-86)50-68(118-84)48-74-88(80(58-104)106-6)70-52-76(100)78(102)54-72(70)94(74)110)96(95)116-66-44-36-42-64(46-66)98(112)114-60-62(38-32-28-22-18-14-10-4)40-34-30-26-24-20-16-12-8-2/h47-50,55-56,61-66,69-72,75-78H,7-46,51-54,59-60H2,1-4H3/b73-47-,74-48-,87-79-,88-80+. The van der Waals surface area contributed by atoms with Crippen LogP contribution in [0.3, 0.4) is 0 Å². The Hall–Kier alpha value is -7.12. The summed E-state index contributed by atoms with van der Waals surface area (Å²) >= 11 is 6.76. The fourth-order valence-electron chi connectivity index (χ4n) is 19.8. The minimum atomic E-state index is -1.84. The number of ketones is 2. The average Bonchev–Trinajstić information content (AvgIpc) is 1.62. The Kier molecular flexibility index (Phi) is 35.9. The van der Waals surface area contributed by atoms with Gasteiger partial charge in [0, 0.05) is 61.3 Å². The van der Waals surface area contributed by atoms with Gasteiger partial charge in [-0.2, -0.15) is 8.75 Å². The maximum Gasteiger partial charge on any atom is 0.309 e. The predicted molar refractivity (Wildman–Crippen MR) is 483 cm³/mol. The molecule has 6 aromatic rings. The normalized spacial score (nSPS) is 25.0. The molecule has 1 aromatic carbocycles. The first-order valence-corrected chi connectivity index (χ1v) is 50.2. The van der Waals surface area contributed by atoms with E-state index in [1.807, 2.05) is 36.4 Å². The molecule has 652 valence electrons. The molecule has 0 spiro atoms. The van der Waals surface area contributed by atoms with E-state index in [9.17, 15) is 29.7 Å². The highest BCUT2D eigenvalue weighted by Crippen LogP contribution is 2.58. The number of esters is 2. The molecule has 6 saturated carbocycles. The third-order valence-electron chi connectivity index (χ3n) is 26.6. The van der Waals surface area contributed by atoms with Crippen LogP contribution < -0.4 is 9.47 Å². The van der Waals surface area contributed by atoms with E-state index in [1.165, 1.54) is 199 Å². The molecule has 5 aromatic heterocycles. The van der Waals surface area contributed by atoms with Crippen LogP contribution in [0.1, 0.15) is 320 Å². The highest BCUT2D eigenvalue weighted by atomic mass is 32.1. The largest absolute Gasteiger partial charge is 0.486 e. The number of carbonyl (C=O) groups excluding carboxylic acids is 4. The SMILES string of the molecule is [C-]#[N+]/C(C#N)=C1\C(=C\c2cc3sc(-c4c(OC5CCCC(C(=O)OCC(CCCCCCCC)CCCCCCCCCC)C5)c(OC5CCCC(C(=O)OCC(CCCCCCCC)CCCCCCCCCC)C5)c(-c5cc6sc(/C=C7\C(=O)C8CC(F)C(F)CC8\C7=C(\C#N)[N+]#[C-])cc6s5)c5nsnc45)cc3s2)C(=O)C2CC(F)C(F)CC12. The molecule has 0 N–H and O–H groups in total. The number of benzene rings is 1. The Morgan fingerprint density at radius 1 is 0.463 bits per heavy atom. The molecule has 14 atom stereocenters. The molecule has 5 heterocycles. The van der Waals surface area contributed by atoms with Gasteiger partial charge in [0.15, 0.2) is 23.1 Å². The van der Waals surface area contributed by atoms with Gasteiger partial charge in [-0.3, -0.25) is 19.2 Å². The second-order valence-corrected chi connectivity index (χ2v) is 40.4. The number of hydrogen-bond acceptors (Lipinski definition) is 17. The smallest absolute Gasteiger partial charge is 0.309 e. The molecule has 6 fully saturated rings. The van der Waals surface area contributed by atoms with Crippen LogP contribution in [-0.2, 0) is 28.7 Å². The highest BCUT2D eigenvalue weighted by Gasteiger charge is 2.52. The van der Waals surface area contributed by atoms with Crippen molar-refractivity contribution in [1.82, 2.24) is 8.75 Å². The van der Waals surface area contributed by atoms with Crippen molar-refractivity contribution in [1.29, 1.82) is 10.5 Å². The number of allylic oxidation sites excluding steroid dienone is 6. The van der Waals surface area contributed by atoms with Gasteiger partial charge >= 0.3 is 11.9 Å². The zero-order valence-electron chi connectivity index (χ0n) is 71.6. The molecule has 0 amide bonds. The van der Waals surface area contributed by atoms with Crippen LogP contribution in [0.4, 0.5) is 17.6 Å². The Morgan fingerprint density at radius 3 is 1.11 bits per heavy atom. The molecule has 6 aliphatic rings. The summed E-state index contributed by atoms with van der Waals surface area (Å²) in [6.07, 6.45) is 36.2. The van der Waals surface area contributed by atoms with Crippen molar-refractivity contribution < 1.29 is 55.7 Å². The number of unbranched alkanes of at least 4 members (excludes halogenated alkanes) is 24. The van der Waals surface area contributed by atoms with Crippen molar-refractivity contribution in [2.45, 2.75) is 347 Å². The number of thiophene rings is 4. The number of ether oxygens (including phenoxy) is 4. The van der Waals surface area contributed by atoms with Crippen molar-refractivity contribution in [2.75, 3.05) is 13.2 Å². The third kappa shape index (κ3) is 23.9. The van der Waals surface area contributed by atoms with Crippen LogP contribution in [0, 0.1) is 83.1 Å². The minimum Gasteiger partial charge on any atom is -0.486 e. The lowest BCUT2D eigenvalue weighted by Crippen LogP contribution is -2.34. The summed E-state index contributed by atoms with van der Waals surface area (Å²) in [4.78, 5) is 68.2. The van der Waals surface area contributed by atoms with Gasteiger partial charge in [0.05, 0.1) is 85.4 Å². The monoisotopic (exact) mass is 1750 g/mol. The molecule has 23 heteroatoms. The number of hydrogen-bond donors (Lipinski definition) is 0. The van der Waals surface area contributed by atoms with Gasteiger partial charge < -0.3 is 18.9 Å². The van der Waals surface area contributed by atoms with Crippen molar-refractivity contribution in [3.63, 3.8) is 0 Å². The average molecular weight is 1750 g/mol. The van der Waals surface area contributed by atoms with E-state index in [2.05, 4.69) is 37.4 Å². The third-order valence-corrected chi connectivity index (χ3v) is 31.6. The number of alkyl halides is 4. The van der Waals surface area contributed by atoms with E-state index in [0.717, 1.165) is 91.6 Å². The van der Waals surface area contributed by atoms with Gasteiger partial charge in [-0.15, -0.1) is 45.3 Å². The van der Waals surface area contributed by atoms with Gasteiger partial charge in [0.1, 0.15) is 35.7 Å². The highest BCUT2D eigenvalue weighted by molar-refractivity contribution is 7.30. The summed E-state index contributed by atoms with van der Waals surface area (Å²) < 4.78 is 103. The Bertz CT molecular complexity index is 4420. The Balaban J connectivity index is 0.919. The van der Waals surface area contributed by atoms with E-state index in [0.29, 0.717) is 108 Å². The van der Waals surface area contributed by atoms with E-state index >= 15 is 17.6 Å². The summed E-state index contributed by atoms with van der Waals surface area (Å²) in [6, 6.07) is 11.9. The summed E-state index contributed by atoms with van der Waals surface area (Å²) in [5.74, 6) is -4.24. The summed E-state index contributed by atoms with van der Waals surface area (Å²) in [7, 11) is 0. The van der Waals surface area contributed by atoms with Crippen molar-refractivity contribution in [2.24, 2.45) is 47.3 Å². The lowest BCUT2D eigenvalue weighted by Gasteiger charge is -2.33. The molecule has 14 unspecified atom stereocenters. The number of aromatic nitrogens is 2. The lowest BCUT2D eigenvalue weighted by atomic mass is 9.77. The molecular formula is C98H124F4N6O8S5. The number of rotatable bonds is 46. The first kappa shape index (κ1) is 93.0. The summed E-state index contributed by atoms with van der Waals surface area (Å²) in [5.41, 5.74) is 2.26. The van der Waals surface area contributed by atoms with Gasteiger partial charge in [0.25, 0.3) is 11.4 Å². The predicted octanol–water partition coefficient (Wildman–Crippen LogP) is 29.1. The number of nitrogens with zero attached hydrogens (tertiary/aromatic N) is 6. The molecule has 14 nitrogen and oxygen atoms in total. The topological polar surface area (TPSA) is 187 Å². The van der Waals surface area contributed by atoms with Crippen molar-refractivity contribution in [3.8, 4) is 44.5 Å². The molecule has 0 aliphatic heterocycles. The molecule has 0 saturated heterocycles. The first-order chi connectivity index (χ1) is 59.0. The molecular weight excluding hydrogens is 1630 g/mol. The fraction of sp³-hybridized carbons (Fsp3) is 0.653. The maximum absolute atomic E-state index is 15.2. The minimum absolute atomic E-state index is 0.123. The van der Waals surface area contributed by atoms with Crippen LogP contribution in [0.5, 0.6) is 11.5 Å². The van der Waals surface area contributed by atoms with E-state index in [-0.39, 0.29) is 83.1 Å². The molecule has 121 heavy (non-hydrogen) atoms. The van der Waals surface area contributed by atoms with Gasteiger partial charge in [0.2, 0.25) is 0 Å². The number of halogens is 4. The quantitative estimate of drug-likeness (QED) is 0.00880. The van der Waals surface area contributed by atoms with Crippen LogP contribution in [0.2, 0.25) is 0 Å². The number of carbonyl (C=O) groups is 4.